The van der Waals surface area contributed by atoms with Crippen LogP contribution in [0.3, 0.4) is 0 Å². The summed E-state index contributed by atoms with van der Waals surface area (Å²) in [6.07, 6.45) is 6.32. The van der Waals surface area contributed by atoms with E-state index in [0.717, 1.165) is 17.5 Å². The predicted octanol–water partition coefficient (Wildman–Crippen LogP) is 3.16. The lowest BCUT2D eigenvalue weighted by molar-refractivity contribution is 0.372. The molecule has 15 heavy (non-hydrogen) atoms. The number of benzene rings is 1. The van der Waals surface area contributed by atoms with Crippen molar-refractivity contribution in [2.24, 2.45) is 0 Å². The SMILES string of the molecule is C=CCc1cc(C=CC)c(O)c(OC)c1. The molecular weight excluding hydrogens is 188 g/mol. The van der Waals surface area contributed by atoms with Crippen LogP contribution in [0.2, 0.25) is 0 Å². The summed E-state index contributed by atoms with van der Waals surface area (Å²) in [7, 11) is 1.55. The van der Waals surface area contributed by atoms with Gasteiger partial charge in [0.15, 0.2) is 11.5 Å². The second kappa shape index (κ2) is 5.25. The second-order valence-corrected chi connectivity index (χ2v) is 3.23. The van der Waals surface area contributed by atoms with E-state index in [1.807, 2.05) is 37.3 Å². The molecule has 0 saturated carbocycles. The molecule has 0 radical (unpaired) electrons. The number of hydrogen-bond donors (Lipinski definition) is 1. The Labute approximate surface area is 90.5 Å². The summed E-state index contributed by atoms with van der Waals surface area (Å²) < 4.78 is 5.10. The number of methoxy groups -OCH3 is 1. The van der Waals surface area contributed by atoms with Crippen molar-refractivity contribution in [3.8, 4) is 11.5 Å². The highest BCUT2D eigenvalue weighted by atomic mass is 16.5. The highest BCUT2D eigenvalue weighted by molar-refractivity contribution is 5.63. The Morgan fingerprint density at radius 2 is 2.20 bits per heavy atom. The molecule has 0 aliphatic rings. The molecule has 0 spiro atoms. The maximum atomic E-state index is 9.81. The van der Waals surface area contributed by atoms with E-state index in [0.29, 0.717) is 5.75 Å². The average molecular weight is 204 g/mol. The molecule has 2 nitrogen and oxygen atoms in total. The first kappa shape index (κ1) is 11.4. The minimum atomic E-state index is 0.184. The molecule has 0 bridgehead atoms. The Morgan fingerprint density at radius 3 is 2.73 bits per heavy atom. The largest absolute Gasteiger partial charge is 0.504 e. The first-order chi connectivity index (χ1) is 7.22. The highest BCUT2D eigenvalue weighted by Crippen LogP contribution is 2.32. The first-order valence-electron chi connectivity index (χ1n) is 4.86. The number of ether oxygens (including phenoxy) is 1. The fourth-order valence-electron chi connectivity index (χ4n) is 1.44. The van der Waals surface area contributed by atoms with Gasteiger partial charge in [0.2, 0.25) is 0 Å². The molecule has 0 unspecified atom stereocenters. The quantitative estimate of drug-likeness (QED) is 0.763. The Morgan fingerprint density at radius 1 is 1.47 bits per heavy atom. The van der Waals surface area contributed by atoms with Crippen LogP contribution in [0.15, 0.2) is 30.9 Å². The van der Waals surface area contributed by atoms with Gasteiger partial charge in [0, 0.05) is 5.56 Å². The minimum Gasteiger partial charge on any atom is -0.504 e. The predicted molar refractivity (Wildman–Crippen MR) is 63.3 cm³/mol. The Kier molecular flexibility index (Phi) is 3.98. The molecular formula is C13H16O2. The molecule has 0 aliphatic carbocycles. The van der Waals surface area contributed by atoms with Crippen molar-refractivity contribution in [1.82, 2.24) is 0 Å². The van der Waals surface area contributed by atoms with Gasteiger partial charge in [-0.05, 0) is 31.0 Å². The zero-order chi connectivity index (χ0) is 11.3. The molecule has 0 heterocycles. The van der Waals surface area contributed by atoms with E-state index in [1.54, 1.807) is 7.11 Å². The van der Waals surface area contributed by atoms with E-state index in [4.69, 9.17) is 4.74 Å². The summed E-state index contributed by atoms with van der Waals surface area (Å²) in [6, 6.07) is 3.75. The van der Waals surface area contributed by atoms with Gasteiger partial charge < -0.3 is 9.84 Å². The summed E-state index contributed by atoms with van der Waals surface area (Å²) in [4.78, 5) is 0. The average Bonchev–Trinajstić information content (AvgIpc) is 2.23. The second-order valence-electron chi connectivity index (χ2n) is 3.23. The normalized spacial score (nSPS) is 10.5. The molecule has 0 fully saturated rings. The molecule has 1 aromatic carbocycles. The zero-order valence-corrected chi connectivity index (χ0v) is 9.16. The van der Waals surface area contributed by atoms with Gasteiger partial charge in [-0.25, -0.2) is 0 Å². The Balaban J connectivity index is 3.24. The van der Waals surface area contributed by atoms with Crippen LogP contribution in [0.25, 0.3) is 6.08 Å². The molecule has 0 aliphatic heterocycles. The number of rotatable bonds is 4. The van der Waals surface area contributed by atoms with Gasteiger partial charge in [0.05, 0.1) is 7.11 Å². The van der Waals surface area contributed by atoms with Gasteiger partial charge in [-0.3, -0.25) is 0 Å². The maximum Gasteiger partial charge on any atom is 0.165 e. The van der Waals surface area contributed by atoms with Crippen molar-refractivity contribution in [3.05, 3.63) is 42.0 Å². The molecule has 0 saturated heterocycles. The Bertz CT molecular complexity index is 378. The Hall–Kier alpha value is -1.70. The van der Waals surface area contributed by atoms with Crippen LogP contribution >= 0.6 is 0 Å². The molecule has 0 aromatic heterocycles. The van der Waals surface area contributed by atoms with Gasteiger partial charge in [-0.2, -0.15) is 0 Å². The molecule has 1 N–H and O–H groups in total. The van der Waals surface area contributed by atoms with Crippen LogP contribution in [0, 0.1) is 0 Å². The fraction of sp³-hybridized carbons (Fsp3) is 0.231. The summed E-state index contributed by atoms with van der Waals surface area (Å²) in [5.41, 5.74) is 1.85. The molecule has 80 valence electrons. The monoisotopic (exact) mass is 204 g/mol. The van der Waals surface area contributed by atoms with Crippen LogP contribution in [0.5, 0.6) is 11.5 Å². The smallest absolute Gasteiger partial charge is 0.165 e. The van der Waals surface area contributed by atoms with Gasteiger partial charge in [0.1, 0.15) is 0 Å². The summed E-state index contributed by atoms with van der Waals surface area (Å²) >= 11 is 0. The van der Waals surface area contributed by atoms with Crippen molar-refractivity contribution in [2.75, 3.05) is 7.11 Å². The lowest BCUT2D eigenvalue weighted by atomic mass is 10.1. The van der Waals surface area contributed by atoms with E-state index in [-0.39, 0.29) is 5.75 Å². The van der Waals surface area contributed by atoms with E-state index in [1.165, 1.54) is 0 Å². The van der Waals surface area contributed by atoms with Gasteiger partial charge in [0.25, 0.3) is 0 Å². The van der Waals surface area contributed by atoms with Gasteiger partial charge in [-0.1, -0.05) is 18.2 Å². The van der Waals surface area contributed by atoms with Crippen LogP contribution < -0.4 is 4.74 Å². The topological polar surface area (TPSA) is 29.5 Å². The van der Waals surface area contributed by atoms with E-state index < -0.39 is 0 Å². The van der Waals surface area contributed by atoms with Crippen LogP contribution in [-0.4, -0.2) is 12.2 Å². The third kappa shape index (κ3) is 2.62. The number of phenols is 1. The number of aromatic hydroxyl groups is 1. The van der Waals surface area contributed by atoms with Gasteiger partial charge >= 0.3 is 0 Å². The summed E-state index contributed by atoms with van der Waals surface area (Å²) in [6.45, 7) is 5.60. The molecule has 1 aromatic rings. The highest BCUT2D eigenvalue weighted by Gasteiger charge is 2.07. The standard InChI is InChI=1S/C13H16O2/c1-4-6-10-8-11(7-5-2)13(14)12(9-10)15-3/h4-5,7-9,14H,1,6H2,2-3H3. The summed E-state index contributed by atoms with van der Waals surface area (Å²) in [5.74, 6) is 0.686. The maximum absolute atomic E-state index is 9.81. The molecule has 1 rings (SSSR count). The number of phenolic OH excluding ortho intramolecular Hbond substituents is 1. The zero-order valence-electron chi connectivity index (χ0n) is 9.16. The molecule has 2 heteroatoms. The van der Waals surface area contributed by atoms with Gasteiger partial charge in [-0.15, -0.1) is 6.58 Å². The fourth-order valence-corrected chi connectivity index (χ4v) is 1.44. The van der Waals surface area contributed by atoms with Crippen molar-refractivity contribution >= 4 is 6.08 Å². The lowest BCUT2D eigenvalue weighted by Crippen LogP contribution is -1.90. The minimum absolute atomic E-state index is 0.184. The third-order valence-electron chi connectivity index (χ3n) is 2.11. The third-order valence-corrected chi connectivity index (χ3v) is 2.11. The molecule has 0 atom stereocenters. The lowest BCUT2D eigenvalue weighted by Gasteiger charge is -2.08. The van der Waals surface area contributed by atoms with Crippen molar-refractivity contribution in [1.29, 1.82) is 0 Å². The molecule has 0 amide bonds. The van der Waals surface area contributed by atoms with E-state index >= 15 is 0 Å². The van der Waals surface area contributed by atoms with E-state index in [9.17, 15) is 5.11 Å². The van der Waals surface area contributed by atoms with Crippen molar-refractivity contribution in [2.45, 2.75) is 13.3 Å². The first-order valence-corrected chi connectivity index (χ1v) is 4.86. The van der Waals surface area contributed by atoms with Crippen LogP contribution in [0.4, 0.5) is 0 Å². The van der Waals surface area contributed by atoms with Crippen LogP contribution in [-0.2, 0) is 6.42 Å². The summed E-state index contributed by atoms with van der Waals surface area (Å²) in [5, 5.41) is 9.81. The van der Waals surface area contributed by atoms with Crippen molar-refractivity contribution < 1.29 is 9.84 Å². The number of hydrogen-bond acceptors (Lipinski definition) is 2. The van der Waals surface area contributed by atoms with Crippen LogP contribution in [0.1, 0.15) is 18.1 Å². The van der Waals surface area contributed by atoms with Crippen molar-refractivity contribution in [3.63, 3.8) is 0 Å². The van der Waals surface area contributed by atoms with E-state index in [2.05, 4.69) is 6.58 Å². The number of allylic oxidation sites excluding steroid dienone is 2.